The van der Waals surface area contributed by atoms with Gasteiger partial charge in [0.25, 0.3) is 5.91 Å². The molecule has 5 nitrogen and oxygen atoms in total. The zero-order chi connectivity index (χ0) is 24.3. The summed E-state index contributed by atoms with van der Waals surface area (Å²) in [7, 11) is 0. The van der Waals surface area contributed by atoms with Crippen LogP contribution in [0.3, 0.4) is 0 Å². The van der Waals surface area contributed by atoms with Crippen molar-refractivity contribution in [2.75, 3.05) is 36.5 Å². The quantitative estimate of drug-likeness (QED) is 0.536. The maximum Gasteiger partial charge on any atom is 0.291 e. The van der Waals surface area contributed by atoms with Crippen LogP contribution < -0.4 is 5.32 Å². The molecule has 2 heterocycles. The Morgan fingerprint density at radius 1 is 1.32 bits per heavy atom. The smallest absolute Gasteiger partial charge is 0.291 e. The molecule has 0 atom stereocenters. The molecule has 1 saturated heterocycles. The van der Waals surface area contributed by atoms with Gasteiger partial charge in [0, 0.05) is 47.8 Å². The van der Waals surface area contributed by atoms with Gasteiger partial charge in [-0.3, -0.25) is 4.79 Å². The van der Waals surface area contributed by atoms with Crippen LogP contribution >= 0.6 is 11.8 Å². The molecule has 34 heavy (non-hydrogen) atoms. The van der Waals surface area contributed by atoms with Crippen LogP contribution in [-0.2, 0) is 5.41 Å². The number of carbonyl (C=O) groups excluding carboxylic acids is 1. The number of anilines is 1. The highest BCUT2D eigenvalue weighted by molar-refractivity contribution is 7.99. The molecule has 1 aliphatic carbocycles. The number of allylic oxidation sites excluding steroid dienone is 2. The maximum atomic E-state index is 12.9. The summed E-state index contributed by atoms with van der Waals surface area (Å²) in [4.78, 5) is 22.5. The van der Waals surface area contributed by atoms with Crippen molar-refractivity contribution in [2.24, 2.45) is 5.41 Å². The lowest BCUT2D eigenvalue weighted by atomic mass is 9.75. The zero-order valence-electron chi connectivity index (χ0n) is 20.8. The molecule has 6 heteroatoms. The van der Waals surface area contributed by atoms with Gasteiger partial charge in [0.15, 0.2) is 5.82 Å². The van der Waals surface area contributed by atoms with Gasteiger partial charge in [0.2, 0.25) is 0 Å². The van der Waals surface area contributed by atoms with E-state index in [1.165, 1.54) is 28.8 Å². The number of rotatable bonds is 6. The number of H-pyrrole nitrogens is 1. The molecule has 0 spiro atoms. The second kappa shape index (κ2) is 10.0. The summed E-state index contributed by atoms with van der Waals surface area (Å²) >= 11 is 2.04. The number of carbonyl (C=O) groups is 1. The number of terminal acetylenes is 1. The van der Waals surface area contributed by atoms with Crippen LogP contribution in [0.4, 0.5) is 5.69 Å². The minimum Gasteiger partial charge on any atom is -0.327 e. The van der Waals surface area contributed by atoms with Crippen LogP contribution in [0.25, 0.3) is 5.57 Å². The van der Waals surface area contributed by atoms with Gasteiger partial charge in [-0.25, -0.2) is 4.98 Å². The average molecular weight is 477 g/mol. The third-order valence-electron chi connectivity index (χ3n) is 7.04. The van der Waals surface area contributed by atoms with Crippen molar-refractivity contribution in [3.63, 3.8) is 0 Å². The van der Waals surface area contributed by atoms with E-state index in [4.69, 9.17) is 6.42 Å². The highest BCUT2D eigenvalue weighted by Crippen LogP contribution is 2.41. The summed E-state index contributed by atoms with van der Waals surface area (Å²) in [5, 5.41) is 3.09. The minimum absolute atomic E-state index is 0.0104. The summed E-state index contributed by atoms with van der Waals surface area (Å²) in [5.41, 5.74) is 5.38. The van der Waals surface area contributed by atoms with Gasteiger partial charge in [-0.05, 0) is 47.9 Å². The van der Waals surface area contributed by atoms with Crippen molar-refractivity contribution in [1.82, 2.24) is 14.9 Å². The number of benzene rings is 1. The average Bonchev–Trinajstić information content (AvgIpc) is 3.29. The van der Waals surface area contributed by atoms with E-state index in [2.05, 4.69) is 78.1 Å². The Kier molecular flexibility index (Phi) is 7.25. The van der Waals surface area contributed by atoms with Crippen molar-refractivity contribution in [2.45, 2.75) is 52.4 Å². The predicted octanol–water partition coefficient (Wildman–Crippen LogP) is 5.56. The topological polar surface area (TPSA) is 61.0 Å². The van der Waals surface area contributed by atoms with E-state index in [0.29, 0.717) is 11.1 Å². The molecule has 1 aliphatic heterocycles. The first-order chi connectivity index (χ1) is 16.2. The Labute approximate surface area is 208 Å². The molecule has 1 amide bonds. The third-order valence-corrected chi connectivity index (χ3v) is 7.98. The summed E-state index contributed by atoms with van der Waals surface area (Å²) < 4.78 is 0. The fourth-order valence-electron chi connectivity index (χ4n) is 4.76. The van der Waals surface area contributed by atoms with Crippen LogP contribution in [0, 0.1) is 17.8 Å². The number of nitrogens with one attached hydrogen (secondary N) is 2. The summed E-state index contributed by atoms with van der Waals surface area (Å²) in [5.74, 6) is 4.85. The number of hydrogen-bond donors (Lipinski definition) is 2. The van der Waals surface area contributed by atoms with Crippen LogP contribution in [0.2, 0.25) is 0 Å². The van der Waals surface area contributed by atoms with E-state index in [1.807, 2.05) is 11.8 Å². The monoisotopic (exact) mass is 476 g/mol. The third kappa shape index (κ3) is 5.76. The van der Waals surface area contributed by atoms with Crippen molar-refractivity contribution >= 4 is 28.9 Å². The lowest BCUT2D eigenvalue weighted by Crippen LogP contribution is -2.41. The Hall–Kier alpha value is -2.49. The van der Waals surface area contributed by atoms with Gasteiger partial charge in [-0.1, -0.05) is 45.8 Å². The highest BCUT2D eigenvalue weighted by atomic mass is 32.2. The van der Waals surface area contributed by atoms with Crippen molar-refractivity contribution in [3.8, 4) is 12.3 Å². The second-order valence-electron chi connectivity index (χ2n) is 10.9. The standard InChI is InChI=1S/C28H36N4OS/c1-6-22-18-29-25(30-22)26(33)31-24-8-7-21(28(4,5)19-32-13-15-34-16-14-32)17-23(24)20-9-11-27(2,3)12-10-20/h1,7-9,17-18H,10-16,19H2,2-5H3,(H,29,30)(H,31,33). The molecule has 0 unspecified atom stereocenters. The van der Waals surface area contributed by atoms with Gasteiger partial charge in [-0.15, -0.1) is 6.42 Å². The molecule has 2 aromatic rings. The molecular weight excluding hydrogens is 440 g/mol. The van der Waals surface area contributed by atoms with E-state index < -0.39 is 0 Å². The SMILES string of the molecule is C#Cc1cnc(C(=O)Nc2ccc(C(C)(C)CN3CCSCC3)cc2C2=CCC(C)(C)CC2)[nH]1. The molecule has 2 aliphatic rings. The van der Waals surface area contributed by atoms with Crippen molar-refractivity contribution in [1.29, 1.82) is 0 Å². The van der Waals surface area contributed by atoms with Crippen LogP contribution in [0.1, 0.15) is 74.4 Å². The van der Waals surface area contributed by atoms with E-state index in [9.17, 15) is 4.79 Å². The predicted molar refractivity (Wildman–Crippen MR) is 143 cm³/mol. The van der Waals surface area contributed by atoms with E-state index in [0.717, 1.165) is 50.1 Å². The first-order valence-electron chi connectivity index (χ1n) is 12.1. The van der Waals surface area contributed by atoms with Crippen molar-refractivity contribution < 1.29 is 4.79 Å². The minimum atomic E-state index is -0.280. The number of aromatic nitrogens is 2. The molecule has 4 rings (SSSR count). The van der Waals surface area contributed by atoms with Crippen molar-refractivity contribution in [3.05, 3.63) is 53.1 Å². The molecule has 0 saturated carbocycles. The van der Waals surface area contributed by atoms with E-state index in [-0.39, 0.29) is 17.1 Å². The number of aromatic amines is 1. The Morgan fingerprint density at radius 3 is 2.74 bits per heavy atom. The molecule has 180 valence electrons. The number of imidazole rings is 1. The second-order valence-corrected chi connectivity index (χ2v) is 12.1. The fraction of sp³-hybridized carbons (Fsp3) is 0.500. The van der Waals surface area contributed by atoms with E-state index >= 15 is 0 Å². The van der Waals surface area contributed by atoms with Gasteiger partial charge in [0.1, 0.15) is 5.69 Å². The number of hydrogen-bond acceptors (Lipinski definition) is 4. The summed E-state index contributed by atoms with van der Waals surface area (Å²) in [6.07, 6.45) is 12.5. The molecular formula is C28H36N4OS. The Morgan fingerprint density at radius 2 is 2.09 bits per heavy atom. The molecule has 1 aromatic carbocycles. The van der Waals surface area contributed by atoms with Gasteiger partial charge >= 0.3 is 0 Å². The Balaban J connectivity index is 1.64. The lowest BCUT2D eigenvalue weighted by molar-refractivity contribution is 0.101. The molecule has 1 aromatic heterocycles. The van der Waals surface area contributed by atoms with Gasteiger partial charge in [-0.2, -0.15) is 11.8 Å². The first kappa shape index (κ1) is 24.6. The lowest BCUT2D eigenvalue weighted by Gasteiger charge is -2.36. The van der Waals surface area contributed by atoms with Crippen LogP contribution in [0.15, 0.2) is 30.5 Å². The zero-order valence-corrected chi connectivity index (χ0v) is 21.6. The van der Waals surface area contributed by atoms with Gasteiger partial charge < -0.3 is 15.2 Å². The molecule has 1 fully saturated rings. The maximum absolute atomic E-state index is 12.9. The number of nitrogens with zero attached hydrogens (tertiary/aromatic N) is 2. The normalized spacial score (nSPS) is 18.7. The fourth-order valence-corrected chi connectivity index (χ4v) is 5.74. The van der Waals surface area contributed by atoms with Crippen LogP contribution in [0.5, 0.6) is 0 Å². The van der Waals surface area contributed by atoms with Crippen LogP contribution in [-0.4, -0.2) is 51.9 Å². The number of amides is 1. The number of thioether (sulfide) groups is 1. The molecule has 2 N–H and O–H groups in total. The van der Waals surface area contributed by atoms with E-state index in [1.54, 1.807) is 0 Å². The molecule has 0 bridgehead atoms. The highest BCUT2D eigenvalue weighted by Gasteiger charge is 2.28. The van der Waals surface area contributed by atoms with Gasteiger partial charge in [0.05, 0.1) is 6.20 Å². The molecule has 0 radical (unpaired) electrons. The summed E-state index contributed by atoms with van der Waals surface area (Å²) in [6, 6.07) is 6.52. The first-order valence-corrected chi connectivity index (χ1v) is 13.3. The summed E-state index contributed by atoms with van der Waals surface area (Å²) in [6.45, 7) is 12.6. The Bertz CT molecular complexity index is 1120. The largest absolute Gasteiger partial charge is 0.327 e.